The number of hydrogen-bond donors (Lipinski definition) is 4. The molecule has 1 heterocycles. The molecule has 3 rings (SSSR count). The third-order valence-corrected chi connectivity index (χ3v) is 4.25. The summed E-state index contributed by atoms with van der Waals surface area (Å²) in [5, 5.41) is 12.9. The van der Waals surface area contributed by atoms with Crippen LogP contribution in [-0.4, -0.2) is 33.8 Å². The number of aliphatic hydroxyl groups excluding tert-OH is 1. The Morgan fingerprint density at radius 1 is 1.22 bits per heavy atom. The fraction of sp³-hybridized carbons (Fsp3) is 0.412. The molecule has 6 heteroatoms. The first-order valence-electron chi connectivity index (χ1n) is 7.95. The summed E-state index contributed by atoms with van der Waals surface area (Å²) < 4.78 is 0. The van der Waals surface area contributed by atoms with Crippen molar-refractivity contribution in [2.45, 2.75) is 37.3 Å². The molecule has 0 aliphatic heterocycles. The summed E-state index contributed by atoms with van der Waals surface area (Å²) in [5.74, 6) is 1.27. The molecule has 6 N–H and O–H groups in total. The maximum atomic E-state index is 9.63. The molecule has 0 spiro atoms. The van der Waals surface area contributed by atoms with Crippen LogP contribution in [0.4, 0.5) is 11.8 Å². The molecular formula is C17H23N5O. The summed E-state index contributed by atoms with van der Waals surface area (Å²) in [5.41, 5.74) is 13.8. The standard InChI is InChI=1S/C17H23N5O/c18-13-7-12(8-13)15-9-16(22-17(19)21-15)20-14(10-23)6-11-4-2-1-3-5-11/h1-5,9,12-14,23H,6-8,10,18H2,(H3,19,20,21,22). The summed E-state index contributed by atoms with van der Waals surface area (Å²) in [7, 11) is 0. The Kier molecular flexibility index (Phi) is 4.73. The number of nitrogens with two attached hydrogens (primary N) is 2. The van der Waals surface area contributed by atoms with Crippen LogP contribution in [0.2, 0.25) is 0 Å². The minimum atomic E-state index is -0.122. The minimum Gasteiger partial charge on any atom is -0.394 e. The number of nitrogen functional groups attached to an aromatic ring is 1. The van der Waals surface area contributed by atoms with Crippen molar-refractivity contribution < 1.29 is 5.11 Å². The van der Waals surface area contributed by atoms with Crippen LogP contribution in [0.15, 0.2) is 36.4 Å². The van der Waals surface area contributed by atoms with Crippen LogP contribution in [0, 0.1) is 0 Å². The molecule has 0 radical (unpaired) electrons. The predicted octanol–water partition coefficient (Wildman–Crippen LogP) is 1.28. The number of nitrogens with zero attached hydrogens (tertiary/aromatic N) is 2. The summed E-state index contributed by atoms with van der Waals surface area (Å²) in [6, 6.07) is 12.1. The molecule has 1 aliphatic rings. The molecule has 122 valence electrons. The molecule has 1 saturated carbocycles. The second-order valence-electron chi connectivity index (χ2n) is 6.18. The Morgan fingerprint density at radius 2 is 1.96 bits per heavy atom. The largest absolute Gasteiger partial charge is 0.394 e. The Morgan fingerprint density at radius 3 is 2.61 bits per heavy atom. The number of benzene rings is 1. The molecule has 1 aromatic carbocycles. The van der Waals surface area contributed by atoms with Gasteiger partial charge in [-0.15, -0.1) is 0 Å². The maximum Gasteiger partial charge on any atom is 0.222 e. The van der Waals surface area contributed by atoms with Crippen LogP contribution in [-0.2, 0) is 6.42 Å². The van der Waals surface area contributed by atoms with Crippen molar-refractivity contribution in [2.75, 3.05) is 17.7 Å². The number of anilines is 2. The van der Waals surface area contributed by atoms with Gasteiger partial charge in [-0.3, -0.25) is 0 Å². The summed E-state index contributed by atoms with van der Waals surface area (Å²) in [4.78, 5) is 8.55. The summed E-state index contributed by atoms with van der Waals surface area (Å²) in [6.45, 7) is 0.0163. The van der Waals surface area contributed by atoms with Crippen molar-refractivity contribution in [3.05, 3.63) is 47.7 Å². The lowest BCUT2D eigenvalue weighted by Crippen LogP contribution is -2.35. The van der Waals surface area contributed by atoms with Crippen LogP contribution in [0.3, 0.4) is 0 Å². The van der Waals surface area contributed by atoms with Gasteiger partial charge in [-0.05, 0) is 24.8 Å². The van der Waals surface area contributed by atoms with Crippen molar-refractivity contribution in [2.24, 2.45) is 5.73 Å². The van der Waals surface area contributed by atoms with Crippen LogP contribution in [0.5, 0.6) is 0 Å². The van der Waals surface area contributed by atoms with Gasteiger partial charge in [0.2, 0.25) is 5.95 Å². The summed E-state index contributed by atoms with van der Waals surface area (Å²) >= 11 is 0. The van der Waals surface area contributed by atoms with Gasteiger partial charge in [0.1, 0.15) is 5.82 Å². The van der Waals surface area contributed by atoms with Gasteiger partial charge in [0, 0.05) is 18.0 Å². The molecule has 1 atom stereocenters. The lowest BCUT2D eigenvalue weighted by molar-refractivity contribution is 0.273. The van der Waals surface area contributed by atoms with E-state index in [1.165, 1.54) is 0 Å². The third-order valence-electron chi connectivity index (χ3n) is 4.25. The molecule has 1 aromatic heterocycles. The first-order chi connectivity index (χ1) is 11.1. The average Bonchev–Trinajstić information content (AvgIpc) is 2.51. The minimum absolute atomic E-state index is 0.0163. The quantitative estimate of drug-likeness (QED) is 0.639. The van der Waals surface area contributed by atoms with Gasteiger partial charge in [0.15, 0.2) is 0 Å². The number of aliphatic hydroxyl groups is 1. The highest BCUT2D eigenvalue weighted by atomic mass is 16.3. The van der Waals surface area contributed by atoms with E-state index < -0.39 is 0 Å². The second kappa shape index (κ2) is 6.93. The van der Waals surface area contributed by atoms with Gasteiger partial charge in [-0.2, -0.15) is 4.98 Å². The van der Waals surface area contributed by atoms with E-state index in [1.54, 1.807) is 0 Å². The smallest absolute Gasteiger partial charge is 0.222 e. The highest BCUT2D eigenvalue weighted by molar-refractivity contribution is 5.43. The molecule has 0 amide bonds. The van der Waals surface area contributed by atoms with E-state index in [0.717, 1.165) is 24.1 Å². The number of aromatic nitrogens is 2. The Bertz CT molecular complexity index is 643. The maximum absolute atomic E-state index is 9.63. The van der Waals surface area contributed by atoms with Crippen molar-refractivity contribution in [3.63, 3.8) is 0 Å². The zero-order valence-corrected chi connectivity index (χ0v) is 13.0. The van der Waals surface area contributed by atoms with E-state index >= 15 is 0 Å². The van der Waals surface area contributed by atoms with Crippen molar-refractivity contribution in [3.8, 4) is 0 Å². The predicted molar refractivity (Wildman–Crippen MR) is 91.0 cm³/mol. The van der Waals surface area contributed by atoms with Gasteiger partial charge >= 0.3 is 0 Å². The van der Waals surface area contributed by atoms with Gasteiger partial charge in [0.05, 0.1) is 18.3 Å². The van der Waals surface area contributed by atoms with Crippen LogP contribution in [0.25, 0.3) is 0 Å². The van der Waals surface area contributed by atoms with Crippen LogP contribution >= 0.6 is 0 Å². The van der Waals surface area contributed by atoms with Gasteiger partial charge < -0.3 is 21.9 Å². The lowest BCUT2D eigenvalue weighted by atomic mass is 9.78. The molecule has 1 fully saturated rings. The molecule has 1 unspecified atom stereocenters. The highest BCUT2D eigenvalue weighted by Crippen LogP contribution is 2.35. The van der Waals surface area contributed by atoms with Crippen molar-refractivity contribution in [1.29, 1.82) is 0 Å². The molecule has 1 aliphatic carbocycles. The normalized spacial score (nSPS) is 21.5. The Hall–Kier alpha value is -2.18. The molecule has 0 saturated heterocycles. The number of hydrogen-bond acceptors (Lipinski definition) is 6. The lowest BCUT2D eigenvalue weighted by Gasteiger charge is -2.32. The molecule has 0 bridgehead atoms. The zero-order valence-electron chi connectivity index (χ0n) is 13.0. The van der Waals surface area contributed by atoms with Crippen molar-refractivity contribution >= 4 is 11.8 Å². The Labute approximate surface area is 136 Å². The first-order valence-corrected chi connectivity index (χ1v) is 7.95. The third kappa shape index (κ3) is 3.97. The second-order valence-corrected chi connectivity index (χ2v) is 6.18. The SMILES string of the molecule is Nc1nc(NC(CO)Cc2ccccc2)cc(C2CC(N)C2)n1. The van der Waals surface area contributed by atoms with E-state index in [9.17, 15) is 5.11 Å². The van der Waals surface area contributed by atoms with Gasteiger partial charge in [-0.25, -0.2) is 4.98 Å². The monoisotopic (exact) mass is 313 g/mol. The topological polar surface area (TPSA) is 110 Å². The van der Waals surface area contributed by atoms with Crippen molar-refractivity contribution in [1.82, 2.24) is 9.97 Å². The number of nitrogens with one attached hydrogen (secondary N) is 1. The molecule has 23 heavy (non-hydrogen) atoms. The Balaban J connectivity index is 1.70. The van der Waals surface area contributed by atoms with E-state index in [4.69, 9.17) is 11.5 Å². The van der Waals surface area contributed by atoms with Crippen LogP contribution in [0.1, 0.15) is 30.0 Å². The fourth-order valence-electron chi connectivity index (χ4n) is 2.94. The van der Waals surface area contributed by atoms with E-state index in [1.807, 2.05) is 36.4 Å². The van der Waals surface area contributed by atoms with E-state index in [-0.39, 0.29) is 24.6 Å². The van der Waals surface area contributed by atoms with Gasteiger partial charge in [-0.1, -0.05) is 30.3 Å². The molecular weight excluding hydrogens is 290 g/mol. The van der Waals surface area contributed by atoms with Gasteiger partial charge in [0.25, 0.3) is 0 Å². The summed E-state index contributed by atoms with van der Waals surface area (Å²) in [6.07, 6.45) is 2.58. The van der Waals surface area contributed by atoms with Crippen LogP contribution < -0.4 is 16.8 Å². The zero-order chi connectivity index (χ0) is 16.2. The highest BCUT2D eigenvalue weighted by Gasteiger charge is 2.29. The number of rotatable bonds is 6. The fourth-order valence-corrected chi connectivity index (χ4v) is 2.94. The average molecular weight is 313 g/mol. The molecule has 6 nitrogen and oxygen atoms in total. The van der Waals surface area contributed by atoms with E-state index in [0.29, 0.717) is 18.2 Å². The molecule has 2 aromatic rings. The first kappa shape index (κ1) is 15.7. The van der Waals surface area contributed by atoms with E-state index in [2.05, 4.69) is 15.3 Å².